The van der Waals surface area contributed by atoms with E-state index in [1.54, 1.807) is 34.6 Å². The number of aryl methyl sites for hydroxylation is 2. The summed E-state index contributed by atoms with van der Waals surface area (Å²) in [6.07, 6.45) is 0. The molecule has 0 atom stereocenters. The summed E-state index contributed by atoms with van der Waals surface area (Å²) in [6, 6.07) is -0.624. The number of carbonyl (C=O) groups excluding carboxylic acids is 4. The van der Waals surface area contributed by atoms with Crippen molar-refractivity contribution >= 4 is 23.7 Å². The third kappa shape index (κ3) is 2.91. The number of esters is 1. The molecule has 0 bridgehead atoms. The number of H-pyrrole nitrogens is 1. The minimum Gasteiger partial charge on any atom is -0.462 e. The number of rotatable bonds is 5. The van der Waals surface area contributed by atoms with Crippen LogP contribution in [0.15, 0.2) is 0 Å². The Balaban J connectivity index is 2.33. The lowest BCUT2D eigenvalue weighted by atomic mass is 10.0. The van der Waals surface area contributed by atoms with Gasteiger partial charge in [-0.25, -0.2) is 9.59 Å². The molecule has 24 heavy (non-hydrogen) atoms. The molecule has 0 unspecified atom stereocenters. The van der Waals surface area contributed by atoms with Gasteiger partial charge >= 0.3 is 12.0 Å². The van der Waals surface area contributed by atoms with Crippen LogP contribution >= 0.6 is 0 Å². The predicted molar refractivity (Wildman–Crippen MR) is 84.9 cm³/mol. The van der Waals surface area contributed by atoms with Gasteiger partial charge in [-0.15, -0.1) is 0 Å². The van der Waals surface area contributed by atoms with Crippen LogP contribution in [-0.4, -0.2) is 52.3 Å². The fourth-order valence-corrected chi connectivity index (χ4v) is 2.77. The van der Waals surface area contributed by atoms with Crippen molar-refractivity contribution in [3.8, 4) is 0 Å². The molecule has 8 heteroatoms. The summed E-state index contributed by atoms with van der Waals surface area (Å²) in [6.45, 7) is 7.85. The van der Waals surface area contributed by atoms with Gasteiger partial charge in [0, 0.05) is 11.4 Å². The topological polar surface area (TPSA) is 109 Å². The van der Waals surface area contributed by atoms with Gasteiger partial charge in [0.2, 0.25) is 0 Å². The lowest BCUT2D eigenvalue weighted by Crippen LogP contribution is -2.41. The molecule has 0 saturated carbocycles. The van der Waals surface area contributed by atoms with Crippen LogP contribution in [0.5, 0.6) is 0 Å². The summed E-state index contributed by atoms with van der Waals surface area (Å²) >= 11 is 0. The Morgan fingerprint density at radius 2 is 1.71 bits per heavy atom. The smallest absolute Gasteiger partial charge is 0.340 e. The number of urea groups is 1. The fraction of sp³-hybridized carbons (Fsp3) is 0.500. The Labute approximate surface area is 139 Å². The first-order chi connectivity index (χ1) is 11.1. The highest BCUT2D eigenvalue weighted by Crippen LogP contribution is 2.22. The van der Waals surface area contributed by atoms with Gasteiger partial charge < -0.3 is 15.0 Å². The zero-order chi connectivity index (χ0) is 18.2. The minimum absolute atomic E-state index is 0.144. The molecule has 2 rings (SSSR count). The van der Waals surface area contributed by atoms with E-state index in [1.807, 2.05) is 0 Å². The highest BCUT2D eigenvalue weighted by Gasteiger charge is 2.45. The Hall–Kier alpha value is -2.64. The number of Topliss-reactive ketones (excluding diaryl/α,β-unsaturated/α-hetero) is 1. The zero-order valence-electron chi connectivity index (χ0n) is 14.4. The molecule has 1 aliphatic rings. The number of aromatic nitrogens is 1. The van der Waals surface area contributed by atoms with Crippen LogP contribution < -0.4 is 5.32 Å². The number of amides is 3. The van der Waals surface area contributed by atoms with Crippen LogP contribution in [0.2, 0.25) is 0 Å². The molecule has 2 N–H and O–H groups in total. The Morgan fingerprint density at radius 3 is 2.21 bits per heavy atom. The van der Waals surface area contributed by atoms with E-state index >= 15 is 0 Å². The lowest BCUT2D eigenvalue weighted by molar-refractivity contribution is -0.129. The highest BCUT2D eigenvalue weighted by atomic mass is 16.5. The normalized spacial score (nSPS) is 16.3. The molecule has 8 nitrogen and oxygen atoms in total. The Morgan fingerprint density at radius 1 is 1.12 bits per heavy atom. The summed E-state index contributed by atoms with van der Waals surface area (Å²) in [5.41, 5.74) is 0.241. The Kier molecular flexibility index (Phi) is 4.50. The fourth-order valence-electron chi connectivity index (χ4n) is 2.77. The first kappa shape index (κ1) is 17.7. The molecule has 0 radical (unpaired) electrons. The summed E-state index contributed by atoms with van der Waals surface area (Å²) in [5, 5.41) is 2.51. The SMILES string of the molecule is CCOC(=O)c1c(C)[nH]c(C)c1C(=O)CN1C(=O)NC(C)(C)C1=O. The molecular weight excluding hydrogens is 314 g/mol. The van der Waals surface area contributed by atoms with E-state index in [4.69, 9.17) is 4.74 Å². The van der Waals surface area contributed by atoms with Crippen LogP contribution in [0.25, 0.3) is 0 Å². The maximum atomic E-state index is 12.7. The number of hydrogen-bond donors (Lipinski definition) is 2. The summed E-state index contributed by atoms with van der Waals surface area (Å²) in [7, 11) is 0. The van der Waals surface area contributed by atoms with Crippen LogP contribution in [0.1, 0.15) is 52.9 Å². The first-order valence-corrected chi connectivity index (χ1v) is 7.63. The number of ketones is 1. The maximum Gasteiger partial charge on any atom is 0.340 e. The second-order valence-electron chi connectivity index (χ2n) is 6.22. The molecule has 0 aliphatic carbocycles. The van der Waals surface area contributed by atoms with Crippen LogP contribution in [0.3, 0.4) is 0 Å². The van der Waals surface area contributed by atoms with Gasteiger partial charge in [-0.2, -0.15) is 0 Å². The van der Waals surface area contributed by atoms with E-state index < -0.39 is 35.8 Å². The maximum absolute atomic E-state index is 12.7. The van der Waals surface area contributed by atoms with Crippen molar-refractivity contribution in [2.45, 2.75) is 40.2 Å². The van der Waals surface area contributed by atoms with Gasteiger partial charge in [0.25, 0.3) is 5.91 Å². The van der Waals surface area contributed by atoms with E-state index in [0.717, 1.165) is 4.90 Å². The number of nitrogens with one attached hydrogen (secondary N) is 2. The van der Waals surface area contributed by atoms with Crippen molar-refractivity contribution in [2.75, 3.05) is 13.2 Å². The molecule has 0 spiro atoms. The number of ether oxygens (including phenoxy) is 1. The van der Waals surface area contributed by atoms with Crippen LogP contribution in [0, 0.1) is 13.8 Å². The second kappa shape index (κ2) is 6.10. The molecule has 1 aromatic rings. The van der Waals surface area contributed by atoms with E-state index in [2.05, 4.69) is 10.3 Å². The van der Waals surface area contributed by atoms with Gasteiger partial charge in [0.1, 0.15) is 5.54 Å². The first-order valence-electron chi connectivity index (χ1n) is 7.63. The van der Waals surface area contributed by atoms with Gasteiger partial charge in [-0.05, 0) is 34.6 Å². The second-order valence-corrected chi connectivity index (χ2v) is 6.22. The van der Waals surface area contributed by atoms with Crippen molar-refractivity contribution in [3.05, 3.63) is 22.5 Å². The third-order valence-electron chi connectivity index (χ3n) is 3.88. The van der Waals surface area contributed by atoms with E-state index in [1.165, 1.54) is 0 Å². The van der Waals surface area contributed by atoms with Crippen LogP contribution in [-0.2, 0) is 9.53 Å². The third-order valence-corrected chi connectivity index (χ3v) is 3.88. The molecule has 2 heterocycles. The molecule has 1 aromatic heterocycles. The Bertz CT molecular complexity index is 732. The van der Waals surface area contributed by atoms with Gasteiger partial charge in [-0.1, -0.05) is 0 Å². The highest BCUT2D eigenvalue weighted by molar-refractivity contribution is 6.13. The summed E-state index contributed by atoms with van der Waals surface area (Å²) < 4.78 is 4.99. The average Bonchev–Trinajstić information content (AvgIpc) is 2.86. The quantitative estimate of drug-likeness (QED) is 0.479. The summed E-state index contributed by atoms with van der Waals surface area (Å²) in [5.74, 6) is -1.59. The number of carbonyl (C=O) groups is 4. The number of nitrogens with zero attached hydrogens (tertiary/aromatic N) is 1. The average molecular weight is 335 g/mol. The van der Waals surface area contributed by atoms with Crippen molar-refractivity contribution in [1.29, 1.82) is 0 Å². The molecule has 1 fully saturated rings. The van der Waals surface area contributed by atoms with Crippen molar-refractivity contribution < 1.29 is 23.9 Å². The number of hydrogen-bond acceptors (Lipinski definition) is 5. The van der Waals surface area contributed by atoms with Crippen molar-refractivity contribution in [3.63, 3.8) is 0 Å². The minimum atomic E-state index is -1.05. The zero-order valence-corrected chi connectivity index (χ0v) is 14.4. The molecule has 1 saturated heterocycles. The molecular formula is C16H21N3O5. The van der Waals surface area contributed by atoms with E-state index in [0.29, 0.717) is 11.4 Å². The van der Waals surface area contributed by atoms with E-state index in [-0.39, 0.29) is 17.7 Å². The van der Waals surface area contributed by atoms with E-state index in [9.17, 15) is 19.2 Å². The predicted octanol–water partition coefficient (Wildman–Crippen LogP) is 1.32. The molecule has 1 aliphatic heterocycles. The van der Waals surface area contributed by atoms with Crippen molar-refractivity contribution in [1.82, 2.24) is 15.2 Å². The molecule has 3 amide bonds. The number of aromatic amines is 1. The van der Waals surface area contributed by atoms with Gasteiger partial charge in [0.05, 0.1) is 24.3 Å². The van der Waals surface area contributed by atoms with Gasteiger partial charge in [-0.3, -0.25) is 14.5 Å². The van der Waals surface area contributed by atoms with Crippen LogP contribution in [0.4, 0.5) is 4.79 Å². The monoisotopic (exact) mass is 335 g/mol. The summed E-state index contributed by atoms with van der Waals surface area (Å²) in [4.78, 5) is 52.7. The lowest BCUT2D eigenvalue weighted by Gasteiger charge is -2.15. The number of imide groups is 1. The standard InChI is InChI=1S/C16H21N3O5/c1-6-24-13(21)12-9(3)17-8(2)11(12)10(20)7-19-14(22)16(4,5)18-15(19)23/h17H,6-7H2,1-5H3,(H,18,23). The van der Waals surface area contributed by atoms with Gasteiger partial charge in [0.15, 0.2) is 5.78 Å². The largest absolute Gasteiger partial charge is 0.462 e. The molecule has 130 valence electrons. The molecule has 0 aromatic carbocycles. The van der Waals surface area contributed by atoms with Crippen molar-refractivity contribution in [2.24, 2.45) is 0 Å².